The maximum atomic E-state index is 12.8. The van der Waals surface area contributed by atoms with Gasteiger partial charge in [-0.1, -0.05) is 11.6 Å². The molecule has 1 N–H and O–H groups in total. The first-order valence-corrected chi connectivity index (χ1v) is 8.43. The van der Waals surface area contributed by atoms with E-state index >= 15 is 0 Å². The molecule has 22 heavy (non-hydrogen) atoms. The van der Waals surface area contributed by atoms with Crippen molar-refractivity contribution in [1.29, 1.82) is 0 Å². The Morgan fingerprint density at radius 1 is 1.05 bits per heavy atom. The van der Waals surface area contributed by atoms with Gasteiger partial charge in [-0.15, -0.1) is 0 Å². The summed E-state index contributed by atoms with van der Waals surface area (Å²) in [6.45, 7) is -0.0405. The zero-order chi connectivity index (χ0) is 16.2. The molecule has 0 aliphatic heterocycles. The minimum atomic E-state index is -3.56. The van der Waals surface area contributed by atoms with Gasteiger partial charge in [0.05, 0.1) is 10.6 Å². The third-order valence-electron chi connectivity index (χ3n) is 2.94. The molecule has 7 heteroatoms. The molecule has 0 bridgehead atoms. The molecule has 2 aromatic rings. The van der Waals surface area contributed by atoms with Crippen molar-refractivity contribution in [2.75, 3.05) is 12.3 Å². The first-order valence-electron chi connectivity index (χ1n) is 6.40. The standard InChI is InChI=1S/C15H13ClFNO3S/c16-12-3-1-11(2-4-12)15(19)18-9-10-22(20,21)14-7-5-13(17)6-8-14/h1-8H,9-10H2,(H,18,19). The van der Waals surface area contributed by atoms with Gasteiger partial charge in [0, 0.05) is 17.1 Å². The maximum absolute atomic E-state index is 12.8. The SMILES string of the molecule is O=C(NCCS(=O)(=O)c1ccc(F)cc1)c1ccc(Cl)cc1. The number of nitrogens with one attached hydrogen (secondary N) is 1. The highest BCUT2D eigenvalue weighted by atomic mass is 35.5. The number of amides is 1. The highest BCUT2D eigenvalue weighted by molar-refractivity contribution is 7.91. The summed E-state index contributed by atoms with van der Waals surface area (Å²) in [6, 6.07) is 10.8. The Balaban J connectivity index is 1.94. The minimum Gasteiger partial charge on any atom is -0.351 e. The average Bonchev–Trinajstić information content (AvgIpc) is 2.48. The summed E-state index contributed by atoms with van der Waals surface area (Å²) < 4.78 is 36.8. The second kappa shape index (κ2) is 6.89. The van der Waals surface area contributed by atoms with E-state index in [1.165, 1.54) is 12.1 Å². The van der Waals surface area contributed by atoms with E-state index in [-0.39, 0.29) is 23.1 Å². The van der Waals surface area contributed by atoms with Crippen LogP contribution in [-0.2, 0) is 9.84 Å². The molecule has 0 aliphatic rings. The van der Waals surface area contributed by atoms with E-state index < -0.39 is 15.7 Å². The van der Waals surface area contributed by atoms with Crippen molar-refractivity contribution >= 4 is 27.3 Å². The van der Waals surface area contributed by atoms with Crippen LogP contribution >= 0.6 is 11.6 Å². The van der Waals surface area contributed by atoms with E-state index in [9.17, 15) is 17.6 Å². The number of carbonyl (C=O) groups excluding carboxylic acids is 1. The lowest BCUT2D eigenvalue weighted by Crippen LogP contribution is -2.29. The highest BCUT2D eigenvalue weighted by Crippen LogP contribution is 2.12. The van der Waals surface area contributed by atoms with E-state index in [4.69, 9.17) is 11.6 Å². The Morgan fingerprint density at radius 3 is 2.23 bits per heavy atom. The summed E-state index contributed by atoms with van der Waals surface area (Å²) in [5.41, 5.74) is 0.392. The van der Waals surface area contributed by atoms with E-state index in [2.05, 4.69) is 5.32 Å². The normalized spacial score (nSPS) is 11.2. The van der Waals surface area contributed by atoms with Crippen LogP contribution in [0.15, 0.2) is 53.4 Å². The molecule has 1 amide bonds. The van der Waals surface area contributed by atoms with Crippen LogP contribution in [0.5, 0.6) is 0 Å². The topological polar surface area (TPSA) is 63.2 Å². The molecule has 2 rings (SSSR count). The van der Waals surface area contributed by atoms with Crippen molar-refractivity contribution in [3.63, 3.8) is 0 Å². The molecule has 2 aromatic carbocycles. The lowest BCUT2D eigenvalue weighted by molar-refractivity contribution is 0.0956. The van der Waals surface area contributed by atoms with Crippen molar-refractivity contribution in [3.05, 3.63) is 64.9 Å². The first-order chi connectivity index (χ1) is 10.4. The number of carbonyl (C=O) groups is 1. The van der Waals surface area contributed by atoms with Crippen molar-refractivity contribution in [2.24, 2.45) is 0 Å². The third-order valence-corrected chi connectivity index (χ3v) is 4.92. The number of hydrogen-bond donors (Lipinski definition) is 1. The molecule has 0 fully saturated rings. The Labute approximate surface area is 132 Å². The fraction of sp³-hybridized carbons (Fsp3) is 0.133. The van der Waals surface area contributed by atoms with Crippen LogP contribution in [0.25, 0.3) is 0 Å². The van der Waals surface area contributed by atoms with E-state index in [0.717, 1.165) is 12.1 Å². The van der Waals surface area contributed by atoms with Crippen molar-refractivity contribution in [2.45, 2.75) is 4.90 Å². The number of benzene rings is 2. The highest BCUT2D eigenvalue weighted by Gasteiger charge is 2.15. The Bertz CT molecular complexity index is 758. The first kappa shape index (κ1) is 16.5. The molecule has 0 aromatic heterocycles. The molecule has 0 heterocycles. The second-order valence-corrected chi connectivity index (χ2v) is 7.08. The van der Waals surface area contributed by atoms with Crippen LogP contribution in [0.1, 0.15) is 10.4 Å². The van der Waals surface area contributed by atoms with E-state index in [1.807, 2.05) is 0 Å². The molecule has 0 saturated heterocycles. The molecular formula is C15H13ClFNO3S. The largest absolute Gasteiger partial charge is 0.351 e. The fourth-order valence-corrected chi connectivity index (χ4v) is 3.05. The summed E-state index contributed by atoms with van der Waals surface area (Å²) in [4.78, 5) is 11.8. The molecule has 0 radical (unpaired) electrons. The number of sulfone groups is 1. The molecular weight excluding hydrogens is 329 g/mol. The smallest absolute Gasteiger partial charge is 0.251 e. The third kappa shape index (κ3) is 4.29. The molecule has 116 valence electrons. The van der Waals surface area contributed by atoms with E-state index in [0.29, 0.717) is 10.6 Å². The van der Waals surface area contributed by atoms with Crippen molar-refractivity contribution in [3.8, 4) is 0 Å². The van der Waals surface area contributed by atoms with Crippen LogP contribution in [0.2, 0.25) is 5.02 Å². The van der Waals surface area contributed by atoms with Gasteiger partial charge < -0.3 is 5.32 Å². The summed E-state index contributed by atoms with van der Waals surface area (Å²) >= 11 is 5.72. The number of rotatable bonds is 5. The zero-order valence-corrected chi connectivity index (χ0v) is 13.0. The van der Waals surface area contributed by atoms with Crippen LogP contribution in [-0.4, -0.2) is 26.6 Å². The van der Waals surface area contributed by atoms with Crippen LogP contribution in [0, 0.1) is 5.82 Å². The fourth-order valence-electron chi connectivity index (χ4n) is 1.76. The van der Waals surface area contributed by atoms with Crippen molar-refractivity contribution in [1.82, 2.24) is 5.32 Å². The lowest BCUT2D eigenvalue weighted by atomic mass is 10.2. The van der Waals surface area contributed by atoms with Gasteiger partial charge in [-0.2, -0.15) is 0 Å². The number of halogens is 2. The lowest BCUT2D eigenvalue weighted by Gasteiger charge is -2.07. The predicted molar refractivity (Wildman–Crippen MR) is 82.2 cm³/mol. The average molecular weight is 342 g/mol. The van der Waals surface area contributed by atoms with Gasteiger partial charge in [0.1, 0.15) is 5.82 Å². The molecule has 0 spiro atoms. The quantitative estimate of drug-likeness (QED) is 0.850. The summed E-state index contributed by atoms with van der Waals surface area (Å²) in [7, 11) is -3.56. The molecule has 0 aliphatic carbocycles. The van der Waals surface area contributed by atoms with Gasteiger partial charge in [0.2, 0.25) is 0 Å². The zero-order valence-electron chi connectivity index (χ0n) is 11.4. The van der Waals surface area contributed by atoms with Crippen LogP contribution in [0.4, 0.5) is 4.39 Å². The molecule has 0 saturated carbocycles. The maximum Gasteiger partial charge on any atom is 0.251 e. The molecule has 4 nitrogen and oxygen atoms in total. The number of hydrogen-bond acceptors (Lipinski definition) is 3. The monoisotopic (exact) mass is 341 g/mol. The van der Waals surface area contributed by atoms with Gasteiger partial charge in [0.25, 0.3) is 5.91 Å². The molecule has 0 unspecified atom stereocenters. The van der Waals surface area contributed by atoms with Gasteiger partial charge in [-0.05, 0) is 48.5 Å². The Morgan fingerprint density at radius 2 is 1.64 bits per heavy atom. The van der Waals surface area contributed by atoms with Gasteiger partial charge >= 0.3 is 0 Å². The van der Waals surface area contributed by atoms with Gasteiger partial charge in [-0.3, -0.25) is 4.79 Å². The Hall–Kier alpha value is -1.92. The van der Waals surface area contributed by atoms with E-state index in [1.54, 1.807) is 24.3 Å². The van der Waals surface area contributed by atoms with Gasteiger partial charge in [0.15, 0.2) is 9.84 Å². The van der Waals surface area contributed by atoms with Crippen molar-refractivity contribution < 1.29 is 17.6 Å². The second-order valence-electron chi connectivity index (χ2n) is 4.54. The summed E-state index contributed by atoms with van der Waals surface area (Å²) in [6.07, 6.45) is 0. The van der Waals surface area contributed by atoms with Crippen LogP contribution < -0.4 is 5.32 Å². The predicted octanol–water partition coefficient (Wildman–Crippen LogP) is 2.68. The minimum absolute atomic E-state index is 0.0228. The summed E-state index contributed by atoms with van der Waals surface area (Å²) in [5.74, 6) is -1.15. The molecule has 0 atom stereocenters. The van der Waals surface area contributed by atoms with Gasteiger partial charge in [-0.25, -0.2) is 12.8 Å². The van der Waals surface area contributed by atoms with Crippen LogP contribution in [0.3, 0.4) is 0 Å². The Kier molecular flexibility index (Phi) is 5.15. The summed E-state index contributed by atoms with van der Waals surface area (Å²) in [5, 5.41) is 3.03.